The van der Waals surface area contributed by atoms with Crippen LogP contribution in [-0.4, -0.2) is 44.4 Å². The number of aromatic nitrogens is 3. The second kappa shape index (κ2) is 6.96. The van der Waals surface area contributed by atoms with Crippen LogP contribution in [0.2, 0.25) is 0 Å². The minimum atomic E-state index is -0.153. The molecule has 0 saturated carbocycles. The quantitative estimate of drug-likeness (QED) is 0.874. The number of hydrogen-bond acceptors (Lipinski definition) is 6. The van der Waals surface area contributed by atoms with Crippen LogP contribution < -0.4 is 5.56 Å². The molecule has 2 aromatic rings. The summed E-state index contributed by atoms with van der Waals surface area (Å²) in [7, 11) is 0. The van der Waals surface area contributed by atoms with Gasteiger partial charge < -0.3 is 14.2 Å². The minimum Gasteiger partial charge on any atom is -0.394 e. The van der Waals surface area contributed by atoms with E-state index in [1.807, 2.05) is 16.7 Å². The van der Waals surface area contributed by atoms with Gasteiger partial charge in [-0.05, 0) is 24.3 Å². The zero-order valence-electron chi connectivity index (χ0n) is 15.3. The predicted octanol–water partition coefficient (Wildman–Crippen LogP) is 1.58. The van der Waals surface area contributed by atoms with Crippen molar-refractivity contribution in [3.8, 4) is 0 Å². The molecule has 1 fully saturated rings. The molecule has 0 amide bonds. The van der Waals surface area contributed by atoms with Gasteiger partial charge in [0.2, 0.25) is 5.89 Å². The van der Waals surface area contributed by atoms with Gasteiger partial charge in [-0.2, -0.15) is 4.98 Å². The molecule has 0 unspecified atom stereocenters. The van der Waals surface area contributed by atoms with Crippen LogP contribution in [-0.2, 0) is 13.0 Å². The van der Waals surface area contributed by atoms with Gasteiger partial charge in [-0.15, -0.1) is 0 Å². The summed E-state index contributed by atoms with van der Waals surface area (Å²) in [4.78, 5) is 19.2. The molecular weight excluding hydrogens is 332 g/mol. The third kappa shape index (κ3) is 3.21. The molecule has 1 saturated heterocycles. The fourth-order valence-electron chi connectivity index (χ4n) is 4.49. The summed E-state index contributed by atoms with van der Waals surface area (Å²) in [5.74, 6) is 2.45. The maximum absolute atomic E-state index is 12.3. The van der Waals surface area contributed by atoms with E-state index in [-0.39, 0.29) is 24.1 Å². The second-order valence-corrected chi connectivity index (χ2v) is 8.00. The molecule has 0 aromatic carbocycles. The Labute approximate surface area is 152 Å². The molecule has 7 heteroatoms. The zero-order valence-corrected chi connectivity index (χ0v) is 15.3. The van der Waals surface area contributed by atoms with E-state index >= 15 is 0 Å². The van der Waals surface area contributed by atoms with Crippen molar-refractivity contribution in [3.05, 3.63) is 46.0 Å². The maximum atomic E-state index is 12.3. The van der Waals surface area contributed by atoms with Crippen molar-refractivity contribution in [2.24, 2.45) is 11.8 Å². The normalized spacial score (nSPS) is 25.5. The van der Waals surface area contributed by atoms with Gasteiger partial charge in [0.05, 0.1) is 19.2 Å². The van der Waals surface area contributed by atoms with Crippen molar-refractivity contribution in [1.29, 1.82) is 0 Å². The van der Waals surface area contributed by atoms with Gasteiger partial charge in [0.1, 0.15) is 0 Å². The van der Waals surface area contributed by atoms with Crippen molar-refractivity contribution in [2.75, 3.05) is 19.7 Å². The van der Waals surface area contributed by atoms with E-state index in [0.717, 1.165) is 31.6 Å². The number of pyridine rings is 1. The molecule has 0 spiro atoms. The number of fused-ring (bicyclic) bond motifs is 4. The summed E-state index contributed by atoms with van der Waals surface area (Å²) in [5, 5.41) is 14.0. The third-order valence-electron chi connectivity index (χ3n) is 5.52. The first-order chi connectivity index (χ1) is 12.5. The first-order valence-corrected chi connectivity index (χ1v) is 9.41. The fraction of sp³-hybridized carbons (Fsp3) is 0.632. The molecule has 2 bridgehead atoms. The first-order valence-electron chi connectivity index (χ1n) is 9.41. The Balaban J connectivity index is 1.54. The maximum Gasteiger partial charge on any atom is 0.251 e. The number of likely N-dealkylation sites (tertiary alicyclic amines) is 1. The Kier molecular flexibility index (Phi) is 4.67. The summed E-state index contributed by atoms with van der Waals surface area (Å²) in [6.45, 7) is 6.59. The molecule has 3 atom stereocenters. The molecule has 2 aliphatic rings. The fourth-order valence-corrected chi connectivity index (χ4v) is 4.49. The first kappa shape index (κ1) is 17.4. The van der Waals surface area contributed by atoms with Gasteiger partial charge in [0.15, 0.2) is 5.82 Å². The summed E-state index contributed by atoms with van der Waals surface area (Å²) in [5.41, 5.74) is 1.02. The van der Waals surface area contributed by atoms with Gasteiger partial charge in [-0.1, -0.05) is 25.1 Å². The molecule has 4 rings (SSSR count). The molecule has 26 heavy (non-hydrogen) atoms. The van der Waals surface area contributed by atoms with Crippen molar-refractivity contribution in [1.82, 2.24) is 19.6 Å². The van der Waals surface area contributed by atoms with Crippen LogP contribution in [0.1, 0.15) is 49.6 Å². The Morgan fingerprint density at radius 1 is 1.35 bits per heavy atom. The molecule has 4 heterocycles. The Morgan fingerprint density at radius 2 is 2.19 bits per heavy atom. The predicted molar refractivity (Wildman–Crippen MR) is 95.8 cm³/mol. The van der Waals surface area contributed by atoms with Crippen LogP contribution >= 0.6 is 0 Å². The van der Waals surface area contributed by atoms with E-state index in [1.54, 1.807) is 6.07 Å². The van der Waals surface area contributed by atoms with Gasteiger partial charge >= 0.3 is 0 Å². The largest absolute Gasteiger partial charge is 0.394 e. The Morgan fingerprint density at radius 3 is 2.96 bits per heavy atom. The van der Waals surface area contributed by atoms with Crippen LogP contribution in [0.15, 0.2) is 27.5 Å². The van der Waals surface area contributed by atoms with E-state index in [1.165, 1.54) is 0 Å². The van der Waals surface area contributed by atoms with E-state index in [4.69, 9.17) is 4.52 Å². The molecule has 1 N–H and O–H groups in total. The van der Waals surface area contributed by atoms with E-state index in [9.17, 15) is 9.90 Å². The Hall–Kier alpha value is -1.99. The topological polar surface area (TPSA) is 84.4 Å². The van der Waals surface area contributed by atoms with E-state index in [0.29, 0.717) is 30.1 Å². The van der Waals surface area contributed by atoms with Gasteiger partial charge in [-0.25, -0.2) is 0 Å². The SMILES string of the molecule is CC(C)Cc1nc(CN2C[C@H]3C[C@@H](C2)[C@H](CO)n2c3cccc2=O)no1. The lowest BCUT2D eigenvalue weighted by atomic mass is 9.78. The molecule has 140 valence electrons. The smallest absolute Gasteiger partial charge is 0.251 e. The highest BCUT2D eigenvalue weighted by atomic mass is 16.5. The lowest BCUT2D eigenvalue weighted by Gasteiger charge is -2.46. The molecule has 0 aliphatic carbocycles. The number of piperidine rings is 1. The number of aliphatic hydroxyl groups is 1. The van der Waals surface area contributed by atoms with Crippen molar-refractivity contribution < 1.29 is 9.63 Å². The van der Waals surface area contributed by atoms with Crippen molar-refractivity contribution >= 4 is 0 Å². The number of rotatable bonds is 5. The summed E-state index contributed by atoms with van der Waals surface area (Å²) in [6.07, 6.45) is 1.80. The molecule has 2 aromatic heterocycles. The highest BCUT2D eigenvalue weighted by Crippen LogP contribution is 2.41. The number of nitrogens with zero attached hydrogens (tertiary/aromatic N) is 4. The van der Waals surface area contributed by atoms with Crippen LogP contribution in [0.5, 0.6) is 0 Å². The lowest BCUT2D eigenvalue weighted by molar-refractivity contribution is 0.0565. The summed E-state index contributed by atoms with van der Waals surface area (Å²) in [6, 6.07) is 5.27. The highest BCUT2D eigenvalue weighted by Gasteiger charge is 2.40. The van der Waals surface area contributed by atoms with Crippen LogP contribution in [0, 0.1) is 11.8 Å². The standard InChI is InChI=1S/C19H26N4O3/c1-12(2)6-18-20-17(21-26-18)10-22-8-13-7-14(9-22)16(11-24)23-15(13)4-3-5-19(23)25/h3-5,12-14,16,24H,6-11H2,1-2H3/t13-,14+,16+/m1/s1. The lowest BCUT2D eigenvalue weighted by Crippen LogP contribution is -2.50. The average molecular weight is 358 g/mol. The summed E-state index contributed by atoms with van der Waals surface area (Å²) < 4.78 is 7.16. The van der Waals surface area contributed by atoms with Crippen LogP contribution in [0.25, 0.3) is 0 Å². The molecular formula is C19H26N4O3. The van der Waals surface area contributed by atoms with Crippen LogP contribution in [0.4, 0.5) is 0 Å². The van der Waals surface area contributed by atoms with Crippen LogP contribution in [0.3, 0.4) is 0 Å². The third-order valence-corrected chi connectivity index (χ3v) is 5.52. The van der Waals surface area contributed by atoms with E-state index < -0.39 is 0 Å². The zero-order chi connectivity index (χ0) is 18.3. The van der Waals surface area contributed by atoms with Crippen molar-refractivity contribution in [3.63, 3.8) is 0 Å². The van der Waals surface area contributed by atoms with Gasteiger partial charge in [-0.3, -0.25) is 9.69 Å². The highest BCUT2D eigenvalue weighted by molar-refractivity contribution is 5.19. The minimum absolute atomic E-state index is 0.0110. The van der Waals surface area contributed by atoms with Gasteiger partial charge in [0.25, 0.3) is 5.56 Å². The van der Waals surface area contributed by atoms with E-state index in [2.05, 4.69) is 28.9 Å². The molecule has 2 aliphatic heterocycles. The average Bonchev–Trinajstić information content (AvgIpc) is 3.02. The number of hydrogen-bond donors (Lipinski definition) is 1. The Bertz CT molecular complexity index is 828. The van der Waals surface area contributed by atoms with Gasteiger partial charge in [0, 0.05) is 37.2 Å². The second-order valence-electron chi connectivity index (χ2n) is 8.00. The molecule has 0 radical (unpaired) electrons. The summed E-state index contributed by atoms with van der Waals surface area (Å²) >= 11 is 0. The number of aliphatic hydroxyl groups excluding tert-OH is 1. The van der Waals surface area contributed by atoms with Crippen molar-refractivity contribution in [2.45, 2.75) is 45.2 Å². The molecule has 7 nitrogen and oxygen atoms in total. The monoisotopic (exact) mass is 358 g/mol.